The first-order valence-electron chi connectivity index (χ1n) is 12.8. The number of ether oxygens (including phenoxy) is 1. The lowest BCUT2D eigenvalue weighted by Crippen LogP contribution is -2.55. The molecule has 0 radical (unpaired) electrons. The first-order valence-corrected chi connectivity index (χ1v) is 12.8. The average molecular weight is 522 g/mol. The second-order valence-electron chi connectivity index (χ2n) is 11.4. The number of piperidine rings is 1. The highest BCUT2D eigenvalue weighted by Crippen LogP contribution is 2.41. The molecule has 1 saturated heterocycles. The Morgan fingerprint density at radius 1 is 1.18 bits per heavy atom. The van der Waals surface area contributed by atoms with E-state index in [9.17, 15) is 19.2 Å². The number of carbonyl (C=O) groups excluding carboxylic acids is 4. The minimum atomic E-state index is -0.766. The molecule has 4 rings (SSSR count). The van der Waals surface area contributed by atoms with Gasteiger partial charge in [-0.1, -0.05) is 19.1 Å². The van der Waals surface area contributed by atoms with Crippen LogP contribution in [0.1, 0.15) is 64.2 Å². The van der Waals surface area contributed by atoms with Gasteiger partial charge < -0.3 is 20.3 Å². The second kappa shape index (κ2) is 10.1. The molecular weight excluding hydrogens is 486 g/mol. The van der Waals surface area contributed by atoms with Crippen LogP contribution in [-0.2, 0) is 31.1 Å². The summed E-state index contributed by atoms with van der Waals surface area (Å²) in [5.74, 6) is -0.923. The summed E-state index contributed by atoms with van der Waals surface area (Å²) < 4.78 is 5.25. The Kier molecular flexibility index (Phi) is 7.18. The Morgan fingerprint density at radius 2 is 1.92 bits per heavy atom. The number of likely N-dealkylation sites (tertiary alicyclic amines) is 1. The Morgan fingerprint density at radius 3 is 2.61 bits per heavy atom. The lowest BCUT2D eigenvalue weighted by molar-refractivity contribution is -0.150. The minimum Gasteiger partial charge on any atom is -0.444 e. The number of hydrogen-bond acceptors (Lipinski definition) is 6. The third-order valence-electron chi connectivity index (χ3n) is 6.96. The summed E-state index contributed by atoms with van der Waals surface area (Å²) in [4.78, 5) is 56.4. The highest BCUT2D eigenvalue weighted by atomic mass is 16.6. The molecule has 2 aliphatic rings. The molecule has 0 bridgehead atoms. The molecule has 3 N–H and O–H groups in total. The molecule has 1 aromatic heterocycles. The zero-order valence-corrected chi connectivity index (χ0v) is 22.7. The number of rotatable bonds is 3. The molecule has 0 spiro atoms. The maximum Gasteiger partial charge on any atom is 0.413 e. The van der Waals surface area contributed by atoms with Crippen LogP contribution in [0.4, 0.5) is 22.0 Å². The standard InChI is InChI=1S/C28H35N5O5/c1-16-9-10-28(6,19-7-8-21-18(12-19)13-22(34)31-21)33(15-16)25(36)24(35)30-20-11-17(2)23(29-14-20)32-26(37)38-27(3,4)5/h7-8,11-12,14,16H,9-10,13,15H2,1-6H3,(H,30,35)(H,31,34)(H,29,32,37)/t16-,28-/m0/s1. The summed E-state index contributed by atoms with van der Waals surface area (Å²) in [6.45, 7) is 11.5. The molecule has 10 nitrogen and oxygen atoms in total. The fourth-order valence-electron chi connectivity index (χ4n) is 4.92. The van der Waals surface area contributed by atoms with Crippen LogP contribution in [0.25, 0.3) is 0 Å². The molecule has 0 unspecified atom stereocenters. The van der Waals surface area contributed by atoms with Gasteiger partial charge in [0, 0.05) is 12.2 Å². The summed E-state index contributed by atoms with van der Waals surface area (Å²) in [6.07, 6.45) is 2.65. The molecule has 1 fully saturated rings. The summed E-state index contributed by atoms with van der Waals surface area (Å²) in [5, 5.41) is 8.08. The monoisotopic (exact) mass is 521 g/mol. The van der Waals surface area contributed by atoms with Crippen molar-refractivity contribution in [3.05, 3.63) is 47.2 Å². The van der Waals surface area contributed by atoms with Crippen LogP contribution in [0.3, 0.4) is 0 Å². The van der Waals surface area contributed by atoms with Gasteiger partial charge in [-0.15, -0.1) is 0 Å². The van der Waals surface area contributed by atoms with Gasteiger partial charge in [-0.3, -0.25) is 19.7 Å². The Balaban J connectivity index is 1.50. The molecule has 10 heteroatoms. The van der Waals surface area contributed by atoms with Crippen molar-refractivity contribution in [2.24, 2.45) is 5.92 Å². The lowest BCUT2D eigenvalue weighted by Gasteiger charge is -2.47. The first kappa shape index (κ1) is 27.1. The van der Waals surface area contributed by atoms with Crippen LogP contribution in [0.15, 0.2) is 30.5 Å². The van der Waals surface area contributed by atoms with E-state index in [1.165, 1.54) is 6.20 Å². The number of carbonyl (C=O) groups is 4. The van der Waals surface area contributed by atoms with Crippen molar-refractivity contribution in [1.29, 1.82) is 0 Å². The summed E-state index contributed by atoms with van der Waals surface area (Å²) in [5.41, 5.74) is 2.16. The maximum absolute atomic E-state index is 13.5. The average Bonchev–Trinajstić information content (AvgIpc) is 3.20. The van der Waals surface area contributed by atoms with E-state index in [0.29, 0.717) is 36.5 Å². The van der Waals surface area contributed by atoms with Gasteiger partial charge in [0.15, 0.2) is 0 Å². The number of nitrogens with one attached hydrogen (secondary N) is 3. The van der Waals surface area contributed by atoms with E-state index in [1.807, 2.05) is 25.1 Å². The van der Waals surface area contributed by atoms with Gasteiger partial charge in [0.1, 0.15) is 11.4 Å². The van der Waals surface area contributed by atoms with Crippen molar-refractivity contribution in [2.45, 2.75) is 71.9 Å². The van der Waals surface area contributed by atoms with Crippen LogP contribution >= 0.6 is 0 Å². The van der Waals surface area contributed by atoms with Gasteiger partial charge in [-0.05, 0) is 82.2 Å². The molecule has 0 aliphatic carbocycles. The fourth-order valence-corrected chi connectivity index (χ4v) is 4.92. The normalized spacial score (nSPS) is 20.8. The molecule has 3 heterocycles. The first-order chi connectivity index (χ1) is 17.7. The number of aryl methyl sites for hydroxylation is 1. The summed E-state index contributed by atoms with van der Waals surface area (Å²) in [7, 11) is 0. The molecule has 2 aliphatic heterocycles. The number of fused-ring (bicyclic) bond motifs is 1. The van der Waals surface area contributed by atoms with E-state index >= 15 is 0 Å². The van der Waals surface area contributed by atoms with E-state index in [4.69, 9.17) is 4.74 Å². The predicted molar refractivity (Wildman–Crippen MR) is 144 cm³/mol. The van der Waals surface area contributed by atoms with Crippen molar-refractivity contribution in [2.75, 3.05) is 22.5 Å². The van der Waals surface area contributed by atoms with Crippen molar-refractivity contribution in [3.63, 3.8) is 0 Å². The molecule has 38 heavy (non-hydrogen) atoms. The van der Waals surface area contributed by atoms with Crippen LogP contribution in [0.2, 0.25) is 0 Å². The zero-order valence-electron chi connectivity index (χ0n) is 22.7. The SMILES string of the molecule is Cc1cc(NC(=O)C(=O)N2C[C@@H](C)CC[C@@]2(C)c2ccc3c(c2)CC(=O)N3)cnc1NC(=O)OC(C)(C)C. The van der Waals surface area contributed by atoms with Gasteiger partial charge in [0.05, 0.1) is 23.8 Å². The zero-order chi connectivity index (χ0) is 27.8. The van der Waals surface area contributed by atoms with Crippen molar-refractivity contribution in [3.8, 4) is 0 Å². The predicted octanol–water partition coefficient (Wildman–Crippen LogP) is 4.34. The Labute approximate surface area is 222 Å². The number of aromatic nitrogens is 1. The van der Waals surface area contributed by atoms with Gasteiger partial charge in [0.25, 0.3) is 0 Å². The maximum atomic E-state index is 13.5. The Bertz CT molecular complexity index is 1300. The van der Waals surface area contributed by atoms with Crippen LogP contribution in [0.5, 0.6) is 0 Å². The number of amides is 4. The molecule has 2 aromatic rings. The van der Waals surface area contributed by atoms with Crippen LogP contribution < -0.4 is 16.0 Å². The van der Waals surface area contributed by atoms with Crippen LogP contribution in [0, 0.1) is 12.8 Å². The fraction of sp³-hybridized carbons (Fsp3) is 0.464. The van der Waals surface area contributed by atoms with Crippen molar-refractivity contribution >= 4 is 41.0 Å². The number of hydrogen-bond donors (Lipinski definition) is 3. The molecule has 2 atom stereocenters. The molecule has 0 saturated carbocycles. The van der Waals surface area contributed by atoms with Gasteiger partial charge in [-0.2, -0.15) is 0 Å². The number of benzene rings is 1. The van der Waals surface area contributed by atoms with E-state index in [1.54, 1.807) is 38.7 Å². The van der Waals surface area contributed by atoms with Crippen molar-refractivity contribution in [1.82, 2.24) is 9.88 Å². The highest BCUT2D eigenvalue weighted by molar-refractivity contribution is 6.39. The number of anilines is 3. The van der Waals surface area contributed by atoms with E-state index in [2.05, 4.69) is 27.9 Å². The van der Waals surface area contributed by atoms with Gasteiger partial charge in [-0.25, -0.2) is 9.78 Å². The third kappa shape index (κ3) is 5.79. The van der Waals surface area contributed by atoms with E-state index in [0.717, 1.165) is 23.2 Å². The topological polar surface area (TPSA) is 130 Å². The minimum absolute atomic E-state index is 0.0527. The smallest absolute Gasteiger partial charge is 0.413 e. The number of pyridine rings is 1. The summed E-state index contributed by atoms with van der Waals surface area (Å²) >= 11 is 0. The molecule has 202 valence electrons. The number of nitrogens with zero attached hydrogens (tertiary/aromatic N) is 2. The quantitative estimate of drug-likeness (QED) is 0.515. The van der Waals surface area contributed by atoms with E-state index < -0.39 is 29.0 Å². The second-order valence-corrected chi connectivity index (χ2v) is 11.4. The van der Waals surface area contributed by atoms with Crippen molar-refractivity contribution < 1.29 is 23.9 Å². The van der Waals surface area contributed by atoms with Gasteiger partial charge in [0.2, 0.25) is 5.91 Å². The van der Waals surface area contributed by atoms with E-state index in [-0.39, 0.29) is 11.8 Å². The largest absolute Gasteiger partial charge is 0.444 e. The summed E-state index contributed by atoms with van der Waals surface area (Å²) in [6, 6.07) is 7.38. The third-order valence-corrected chi connectivity index (χ3v) is 6.96. The molecule has 1 aromatic carbocycles. The Hall–Kier alpha value is -3.95. The molecular formula is C28H35N5O5. The lowest BCUT2D eigenvalue weighted by atomic mass is 9.78. The van der Waals surface area contributed by atoms with Crippen LogP contribution in [-0.4, -0.2) is 45.8 Å². The molecule has 4 amide bonds. The highest BCUT2D eigenvalue weighted by Gasteiger charge is 2.43. The van der Waals surface area contributed by atoms with Gasteiger partial charge >= 0.3 is 17.9 Å².